The van der Waals surface area contributed by atoms with Crippen LogP contribution in [0, 0.1) is 0 Å². The second-order valence-electron chi connectivity index (χ2n) is 5.27. The van der Waals surface area contributed by atoms with Crippen molar-refractivity contribution in [1.29, 1.82) is 0 Å². The first-order valence-corrected chi connectivity index (χ1v) is 10.5. The molecule has 0 saturated heterocycles. The standard InChI is InChI=1S/C17H9Cl6N3S/c18-16(19,20)14-24-13(25-15(26-14)17(21,22)23)11-6-3-10(4-7-11)5-8-12-2-1-9-27-12/h1-9H/b8-5+. The second-order valence-corrected chi connectivity index (χ2v) is 10.8. The Kier molecular flexibility index (Phi) is 6.59. The van der Waals surface area contributed by atoms with E-state index < -0.39 is 7.59 Å². The summed E-state index contributed by atoms with van der Waals surface area (Å²) >= 11 is 37.0. The van der Waals surface area contributed by atoms with Gasteiger partial charge in [-0.1, -0.05) is 106 Å². The molecule has 0 aliphatic carbocycles. The minimum atomic E-state index is -1.88. The first kappa shape index (κ1) is 21.1. The van der Waals surface area contributed by atoms with E-state index in [2.05, 4.69) is 15.0 Å². The van der Waals surface area contributed by atoms with Crippen molar-refractivity contribution in [2.75, 3.05) is 0 Å². The zero-order valence-electron chi connectivity index (χ0n) is 13.2. The molecule has 0 N–H and O–H groups in total. The molecule has 0 fully saturated rings. The van der Waals surface area contributed by atoms with Crippen LogP contribution in [0.25, 0.3) is 23.5 Å². The Balaban J connectivity index is 1.95. The van der Waals surface area contributed by atoms with Gasteiger partial charge in [0.1, 0.15) is 0 Å². The summed E-state index contributed by atoms with van der Waals surface area (Å²) in [5.41, 5.74) is 1.67. The lowest BCUT2D eigenvalue weighted by atomic mass is 10.1. The third-order valence-electron chi connectivity index (χ3n) is 3.29. The predicted octanol–water partition coefficient (Wildman–Crippen LogP) is 7.42. The van der Waals surface area contributed by atoms with Gasteiger partial charge in [-0.2, -0.15) is 0 Å². The molecular weight excluding hydrogens is 491 g/mol. The van der Waals surface area contributed by atoms with Gasteiger partial charge < -0.3 is 0 Å². The molecule has 3 aromatic rings. The van der Waals surface area contributed by atoms with Gasteiger partial charge in [0.2, 0.25) is 7.59 Å². The number of hydrogen-bond acceptors (Lipinski definition) is 4. The van der Waals surface area contributed by atoms with E-state index in [1.165, 1.54) is 0 Å². The number of thiophene rings is 1. The highest BCUT2D eigenvalue weighted by Crippen LogP contribution is 2.40. The Morgan fingerprint density at radius 3 is 1.81 bits per heavy atom. The predicted molar refractivity (Wildman–Crippen MR) is 117 cm³/mol. The number of rotatable bonds is 3. The largest absolute Gasteiger partial charge is 0.250 e. The van der Waals surface area contributed by atoms with E-state index in [0.717, 1.165) is 10.4 Å². The van der Waals surface area contributed by atoms with Crippen molar-refractivity contribution in [3.05, 3.63) is 63.9 Å². The fraction of sp³-hybridized carbons (Fsp3) is 0.118. The molecule has 27 heavy (non-hydrogen) atoms. The minimum Gasteiger partial charge on any atom is -0.209 e. The van der Waals surface area contributed by atoms with E-state index in [9.17, 15) is 0 Å². The summed E-state index contributed by atoms with van der Waals surface area (Å²) in [7, 11) is 0. The summed E-state index contributed by atoms with van der Waals surface area (Å²) in [5.74, 6) is -0.0116. The average molecular weight is 500 g/mol. The molecule has 10 heteroatoms. The highest BCUT2D eigenvalue weighted by atomic mass is 35.6. The SMILES string of the molecule is ClC(Cl)(Cl)c1nc(-c2ccc(/C=C/c3cccs3)cc2)nc(C(Cl)(Cl)Cl)n1. The van der Waals surface area contributed by atoms with Crippen molar-refractivity contribution >= 4 is 93.1 Å². The maximum absolute atomic E-state index is 5.90. The van der Waals surface area contributed by atoms with Crippen LogP contribution in [0.15, 0.2) is 41.8 Å². The van der Waals surface area contributed by atoms with Crippen molar-refractivity contribution in [3.63, 3.8) is 0 Å². The summed E-state index contributed by atoms with van der Waals surface area (Å²) in [4.78, 5) is 13.5. The zero-order chi connectivity index (χ0) is 19.7. The van der Waals surface area contributed by atoms with E-state index in [1.807, 2.05) is 53.9 Å². The first-order chi connectivity index (χ1) is 12.6. The molecule has 0 saturated carbocycles. The molecule has 0 radical (unpaired) electrons. The molecule has 0 spiro atoms. The summed E-state index contributed by atoms with van der Waals surface area (Å²) in [6, 6.07) is 11.5. The highest BCUT2D eigenvalue weighted by molar-refractivity contribution is 7.10. The van der Waals surface area contributed by atoms with Gasteiger partial charge in [-0.15, -0.1) is 11.3 Å². The normalized spacial score (nSPS) is 12.7. The molecule has 1 aromatic carbocycles. The molecule has 0 aliphatic heterocycles. The quantitative estimate of drug-likeness (QED) is 0.352. The molecule has 0 bridgehead atoms. The molecular formula is C17H9Cl6N3S. The van der Waals surface area contributed by atoms with Crippen LogP contribution >= 0.6 is 80.9 Å². The number of alkyl halides is 6. The molecule has 0 atom stereocenters. The number of benzene rings is 1. The Morgan fingerprint density at radius 2 is 1.33 bits per heavy atom. The third-order valence-corrected chi connectivity index (χ3v) is 5.15. The molecule has 140 valence electrons. The monoisotopic (exact) mass is 497 g/mol. The zero-order valence-corrected chi connectivity index (χ0v) is 18.6. The van der Waals surface area contributed by atoms with Gasteiger partial charge in [-0.05, 0) is 23.1 Å². The van der Waals surface area contributed by atoms with E-state index in [-0.39, 0.29) is 17.5 Å². The number of nitrogens with zero attached hydrogens (tertiary/aromatic N) is 3. The summed E-state index contributed by atoms with van der Waals surface area (Å²) in [5, 5.41) is 2.02. The number of aromatic nitrogens is 3. The topological polar surface area (TPSA) is 38.7 Å². The van der Waals surface area contributed by atoms with Gasteiger partial charge >= 0.3 is 0 Å². The molecule has 3 nitrogen and oxygen atoms in total. The first-order valence-electron chi connectivity index (χ1n) is 7.35. The number of hydrogen-bond donors (Lipinski definition) is 0. The van der Waals surface area contributed by atoms with Crippen LogP contribution in [0.5, 0.6) is 0 Å². The van der Waals surface area contributed by atoms with Crippen molar-refractivity contribution in [1.82, 2.24) is 15.0 Å². The summed E-state index contributed by atoms with van der Waals surface area (Å²) in [6.45, 7) is 0. The van der Waals surface area contributed by atoms with Crippen LogP contribution in [0.3, 0.4) is 0 Å². The lowest BCUT2D eigenvalue weighted by Crippen LogP contribution is -2.16. The molecule has 2 aromatic heterocycles. The molecule has 0 amide bonds. The lowest BCUT2D eigenvalue weighted by Gasteiger charge is -2.15. The van der Waals surface area contributed by atoms with Gasteiger partial charge in [0.25, 0.3) is 0 Å². The lowest BCUT2D eigenvalue weighted by molar-refractivity contribution is 0.851. The Bertz CT molecular complexity index is 912. The summed E-state index contributed by atoms with van der Waals surface area (Å²) in [6.07, 6.45) is 4.03. The fourth-order valence-electron chi connectivity index (χ4n) is 2.07. The minimum absolute atomic E-state index is 0.125. The van der Waals surface area contributed by atoms with Crippen LogP contribution in [-0.2, 0) is 7.59 Å². The van der Waals surface area contributed by atoms with Crippen molar-refractivity contribution < 1.29 is 0 Å². The van der Waals surface area contributed by atoms with Crippen LogP contribution in [0.2, 0.25) is 0 Å². The maximum atomic E-state index is 5.90. The smallest absolute Gasteiger partial charge is 0.209 e. The van der Waals surface area contributed by atoms with Crippen LogP contribution in [-0.4, -0.2) is 15.0 Å². The van der Waals surface area contributed by atoms with E-state index in [4.69, 9.17) is 69.6 Å². The Labute approximate surface area is 189 Å². The van der Waals surface area contributed by atoms with Gasteiger partial charge in [0, 0.05) is 10.4 Å². The van der Waals surface area contributed by atoms with E-state index in [1.54, 1.807) is 11.3 Å². The third kappa shape index (κ3) is 5.70. The Morgan fingerprint density at radius 1 is 0.741 bits per heavy atom. The molecule has 2 heterocycles. The second kappa shape index (κ2) is 8.42. The van der Waals surface area contributed by atoms with Gasteiger partial charge in [-0.25, -0.2) is 15.0 Å². The Hall–Kier alpha value is -0.590. The van der Waals surface area contributed by atoms with Crippen molar-refractivity contribution in [2.45, 2.75) is 7.59 Å². The molecule has 0 unspecified atom stereocenters. The maximum Gasteiger partial charge on any atom is 0.250 e. The summed E-state index contributed by atoms with van der Waals surface area (Å²) < 4.78 is -3.77. The average Bonchev–Trinajstić information content (AvgIpc) is 3.12. The van der Waals surface area contributed by atoms with Gasteiger partial charge in [-0.3, -0.25) is 0 Å². The van der Waals surface area contributed by atoms with Gasteiger partial charge in [0.15, 0.2) is 17.5 Å². The number of halogens is 6. The van der Waals surface area contributed by atoms with Crippen LogP contribution < -0.4 is 0 Å². The molecule has 0 aliphatic rings. The van der Waals surface area contributed by atoms with E-state index >= 15 is 0 Å². The van der Waals surface area contributed by atoms with E-state index in [0.29, 0.717) is 5.56 Å². The molecule has 3 rings (SSSR count). The van der Waals surface area contributed by atoms with Crippen molar-refractivity contribution in [3.8, 4) is 11.4 Å². The van der Waals surface area contributed by atoms with Crippen molar-refractivity contribution in [2.24, 2.45) is 0 Å². The van der Waals surface area contributed by atoms with Crippen LogP contribution in [0.1, 0.15) is 22.1 Å². The highest BCUT2D eigenvalue weighted by Gasteiger charge is 2.33. The van der Waals surface area contributed by atoms with Crippen LogP contribution in [0.4, 0.5) is 0 Å². The van der Waals surface area contributed by atoms with Gasteiger partial charge in [0.05, 0.1) is 0 Å². The fourth-order valence-corrected chi connectivity index (χ4v) is 3.19.